The van der Waals surface area contributed by atoms with Gasteiger partial charge in [-0.25, -0.2) is 9.97 Å². The van der Waals surface area contributed by atoms with Crippen molar-refractivity contribution in [2.75, 3.05) is 39.7 Å². The van der Waals surface area contributed by atoms with Crippen LogP contribution in [-0.4, -0.2) is 60.4 Å². The Kier molecular flexibility index (Phi) is 7.28. The van der Waals surface area contributed by atoms with E-state index in [1.165, 1.54) is 0 Å². The molecule has 0 saturated carbocycles. The van der Waals surface area contributed by atoms with E-state index in [4.69, 9.17) is 14.5 Å². The summed E-state index contributed by atoms with van der Waals surface area (Å²) in [5.41, 5.74) is 3.04. The molecule has 3 rings (SSSR count). The van der Waals surface area contributed by atoms with Gasteiger partial charge in [0.05, 0.1) is 19.4 Å². The number of thioether (sulfide) groups is 1. The average molecular weight is 402 g/mol. The van der Waals surface area contributed by atoms with Crippen molar-refractivity contribution in [2.45, 2.75) is 30.8 Å². The van der Waals surface area contributed by atoms with Crippen LogP contribution in [0.1, 0.15) is 31.4 Å². The number of carbonyl (C=O) groups excluding carboxylic acids is 1. The Balaban J connectivity index is 1.97. The number of amides is 1. The van der Waals surface area contributed by atoms with Crippen molar-refractivity contribution in [1.29, 1.82) is 0 Å². The molecule has 1 aromatic carbocycles. The average Bonchev–Trinajstić information content (AvgIpc) is 2.74. The number of carbonyl (C=O) groups is 1. The number of benzene rings is 1. The summed E-state index contributed by atoms with van der Waals surface area (Å²) in [6.45, 7) is 3.81. The number of piperidine rings is 1. The van der Waals surface area contributed by atoms with Gasteiger partial charge >= 0.3 is 0 Å². The predicted octanol–water partition coefficient (Wildman–Crippen LogP) is 3.62. The smallest absolute Gasteiger partial charge is 0.219 e. The molecule has 0 spiro atoms. The molecule has 1 saturated heterocycles. The summed E-state index contributed by atoms with van der Waals surface area (Å²) in [6.07, 6.45) is 3.90. The summed E-state index contributed by atoms with van der Waals surface area (Å²) in [5.74, 6) is 1.93. The van der Waals surface area contributed by atoms with E-state index in [-0.39, 0.29) is 11.8 Å². The van der Waals surface area contributed by atoms with Gasteiger partial charge in [0, 0.05) is 50.6 Å². The fourth-order valence-corrected chi connectivity index (χ4v) is 4.20. The Morgan fingerprint density at radius 3 is 2.96 bits per heavy atom. The zero-order chi connectivity index (χ0) is 19.9. The van der Waals surface area contributed by atoms with E-state index in [0.29, 0.717) is 13.2 Å². The molecule has 1 aliphatic rings. The maximum Gasteiger partial charge on any atom is 0.219 e. The third-order valence-corrected chi connectivity index (χ3v) is 5.77. The van der Waals surface area contributed by atoms with E-state index in [1.807, 2.05) is 35.4 Å². The van der Waals surface area contributed by atoms with Crippen LogP contribution in [0.2, 0.25) is 0 Å². The maximum atomic E-state index is 11.9. The number of rotatable bonds is 7. The Bertz CT molecular complexity index is 815. The van der Waals surface area contributed by atoms with E-state index >= 15 is 0 Å². The van der Waals surface area contributed by atoms with Crippen molar-refractivity contribution in [3.05, 3.63) is 36.2 Å². The minimum Gasteiger partial charge on any atom is -0.497 e. The number of hydrogen-bond donors (Lipinski definition) is 0. The van der Waals surface area contributed by atoms with Crippen LogP contribution < -0.4 is 4.74 Å². The van der Waals surface area contributed by atoms with Gasteiger partial charge in [-0.15, -0.1) is 0 Å². The van der Waals surface area contributed by atoms with Crippen LogP contribution in [0.25, 0.3) is 11.1 Å². The van der Waals surface area contributed by atoms with Gasteiger partial charge in [-0.1, -0.05) is 23.9 Å². The predicted molar refractivity (Wildman–Crippen MR) is 111 cm³/mol. The molecule has 2 heterocycles. The third kappa shape index (κ3) is 5.02. The number of ether oxygens (including phenoxy) is 2. The van der Waals surface area contributed by atoms with Gasteiger partial charge in [0.15, 0.2) is 5.16 Å². The van der Waals surface area contributed by atoms with Gasteiger partial charge in [0.2, 0.25) is 5.91 Å². The Morgan fingerprint density at radius 1 is 1.36 bits per heavy atom. The minimum absolute atomic E-state index is 0.122. The van der Waals surface area contributed by atoms with E-state index in [9.17, 15) is 4.79 Å². The monoisotopic (exact) mass is 401 g/mol. The molecule has 0 radical (unpaired) electrons. The lowest BCUT2D eigenvalue weighted by molar-refractivity contribution is -0.130. The summed E-state index contributed by atoms with van der Waals surface area (Å²) in [6, 6.07) is 7.96. The molecule has 0 unspecified atom stereocenters. The molecule has 0 N–H and O–H groups in total. The molecule has 1 aromatic heterocycles. The molecule has 1 atom stereocenters. The maximum absolute atomic E-state index is 11.9. The lowest BCUT2D eigenvalue weighted by Gasteiger charge is -2.32. The second-order valence-electron chi connectivity index (χ2n) is 6.83. The van der Waals surface area contributed by atoms with Crippen LogP contribution in [-0.2, 0) is 9.53 Å². The van der Waals surface area contributed by atoms with Crippen molar-refractivity contribution >= 4 is 17.7 Å². The second-order valence-corrected chi connectivity index (χ2v) is 7.89. The first-order valence-corrected chi connectivity index (χ1v) is 10.5. The molecular weight excluding hydrogens is 374 g/mol. The number of methoxy groups -OCH3 is 2. The number of nitrogens with zero attached hydrogens (tertiary/aromatic N) is 3. The number of aromatic nitrogens is 2. The molecule has 2 aromatic rings. The number of likely N-dealkylation sites (tertiary alicyclic amines) is 1. The third-order valence-electron chi connectivity index (χ3n) is 4.95. The molecule has 1 amide bonds. The highest BCUT2D eigenvalue weighted by molar-refractivity contribution is 7.99. The molecule has 0 bridgehead atoms. The quantitative estimate of drug-likeness (QED) is 0.401. The lowest BCUT2D eigenvalue weighted by Crippen LogP contribution is -2.38. The van der Waals surface area contributed by atoms with Gasteiger partial charge < -0.3 is 14.4 Å². The highest BCUT2D eigenvalue weighted by atomic mass is 32.2. The Hall–Kier alpha value is -2.12. The normalized spacial score (nSPS) is 16.8. The first-order chi connectivity index (χ1) is 13.6. The first kappa shape index (κ1) is 20.6. The van der Waals surface area contributed by atoms with Crippen molar-refractivity contribution < 1.29 is 14.3 Å². The van der Waals surface area contributed by atoms with Gasteiger partial charge in [0.1, 0.15) is 5.75 Å². The van der Waals surface area contributed by atoms with Gasteiger partial charge in [0.25, 0.3) is 0 Å². The fourth-order valence-electron chi connectivity index (χ4n) is 3.47. The molecule has 7 heteroatoms. The van der Waals surface area contributed by atoms with Gasteiger partial charge in [-0.3, -0.25) is 4.79 Å². The van der Waals surface area contributed by atoms with Crippen molar-refractivity contribution in [3.63, 3.8) is 0 Å². The molecule has 1 aliphatic heterocycles. The van der Waals surface area contributed by atoms with Crippen LogP contribution in [0.15, 0.2) is 35.6 Å². The van der Waals surface area contributed by atoms with E-state index in [0.717, 1.165) is 52.9 Å². The Morgan fingerprint density at radius 2 is 2.21 bits per heavy atom. The van der Waals surface area contributed by atoms with Crippen LogP contribution in [0.4, 0.5) is 0 Å². The van der Waals surface area contributed by atoms with Crippen LogP contribution in [0.3, 0.4) is 0 Å². The summed E-state index contributed by atoms with van der Waals surface area (Å²) in [4.78, 5) is 23.3. The van der Waals surface area contributed by atoms with Crippen molar-refractivity contribution in [2.24, 2.45) is 0 Å². The SMILES string of the molecule is COCCSc1ncc(-c2cccc(OC)c2)c([C@H]2CCCN(C(C)=O)C2)n1. The molecule has 150 valence electrons. The highest BCUT2D eigenvalue weighted by Gasteiger charge is 2.27. The molecule has 0 aliphatic carbocycles. The lowest BCUT2D eigenvalue weighted by atomic mass is 9.90. The van der Waals surface area contributed by atoms with E-state index < -0.39 is 0 Å². The molecule has 6 nitrogen and oxygen atoms in total. The van der Waals surface area contributed by atoms with Crippen LogP contribution in [0, 0.1) is 0 Å². The fraction of sp³-hybridized carbons (Fsp3) is 0.476. The van der Waals surface area contributed by atoms with Crippen molar-refractivity contribution in [3.8, 4) is 16.9 Å². The molecule has 28 heavy (non-hydrogen) atoms. The first-order valence-electron chi connectivity index (χ1n) is 9.51. The molecule has 1 fully saturated rings. The highest BCUT2D eigenvalue weighted by Crippen LogP contribution is 2.35. The second kappa shape index (κ2) is 9.89. The topological polar surface area (TPSA) is 64.6 Å². The summed E-state index contributed by atoms with van der Waals surface area (Å²) in [5, 5.41) is 0.749. The summed E-state index contributed by atoms with van der Waals surface area (Å²) in [7, 11) is 3.36. The minimum atomic E-state index is 0.122. The zero-order valence-electron chi connectivity index (χ0n) is 16.7. The van der Waals surface area contributed by atoms with E-state index in [1.54, 1.807) is 32.9 Å². The van der Waals surface area contributed by atoms with Gasteiger partial charge in [-0.2, -0.15) is 0 Å². The van der Waals surface area contributed by atoms with Crippen LogP contribution in [0.5, 0.6) is 5.75 Å². The largest absolute Gasteiger partial charge is 0.497 e. The van der Waals surface area contributed by atoms with Crippen LogP contribution >= 0.6 is 11.8 Å². The van der Waals surface area contributed by atoms with E-state index in [2.05, 4.69) is 4.98 Å². The zero-order valence-corrected chi connectivity index (χ0v) is 17.5. The van der Waals surface area contributed by atoms with Crippen molar-refractivity contribution in [1.82, 2.24) is 14.9 Å². The standard InChI is InChI=1S/C21H27N3O3S/c1-15(25)24-9-5-7-17(14-24)20-19(16-6-4-8-18(12-16)27-3)13-22-21(23-20)28-11-10-26-2/h4,6,8,12-13,17H,5,7,9-11,14H2,1-3H3/t17-/m0/s1. The summed E-state index contributed by atoms with van der Waals surface area (Å²) >= 11 is 1.59. The Labute approximate surface area is 170 Å². The number of hydrogen-bond acceptors (Lipinski definition) is 6. The van der Waals surface area contributed by atoms with Gasteiger partial charge in [-0.05, 0) is 30.5 Å². The molecular formula is C21H27N3O3S. The summed E-state index contributed by atoms with van der Waals surface area (Å²) < 4.78 is 10.5.